The summed E-state index contributed by atoms with van der Waals surface area (Å²) in [6.45, 7) is 1.83. The molecule has 0 aliphatic rings. The fraction of sp³-hybridized carbons (Fsp3) is 0.273. The van der Waals surface area contributed by atoms with Gasteiger partial charge < -0.3 is 4.18 Å². The number of hydrogen-bond donors (Lipinski definition) is 0. The van der Waals surface area contributed by atoms with Gasteiger partial charge in [-0.2, -0.15) is 16.8 Å². The Morgan fingerprint density at radius 3 is 2.35 bits per heavy atom. The zero-order chi connectivity index (χ0) is 15.2. The van der Waals surface area contributed by atoms with Crippen LogP contribution in [0.1, 0.15) is 5.56 Å². The number of allylic oxidation sites excluding steroid dienone is 1. The van der Waals surface area contributed by atoms with Gasteiger partial charge in [-0.25, -0.2) is 5.11 Å². The van der Waals surface area contributed by atoms with Gasteiger partial charge in [0.15, 0.2) is 0 Å². The SMILES string of the molecule is C=CCc1ccccc1OS(=O)(=O)S(=O)(=O)OCC[O]. The second kappa shape index (κ2) is 6.84. The van der Waals surface area contributed by atoms with E-state index in [0.29, 0.717) is 12.0 Å². The van der Waals surface area contributed by atoms with Gasteiger partial charge in [0.2, 0.25) is 0 Å². The average Bonchev–Trinajstić information content (AvgIpc) is 2.38. The third-order valence-electron chi connectivity index (χ3n) is 2.09. The van der Waals surface area contributed by atoms with Crippen molar-refractivity contribution in [2.75, 3.05) is 13.2 Å². The van der Waals surface area contributed by atoms with Crippen molar-refractivity contribution in [3.8, 4) is 5.75 Å². The normalized spacial score (nSPS) is 12.1. The van der Waals surface area contributed by atoms with Gasteiger partial charge in [0.25, 0.3) is 0 Å². The first-order chi connectivity index (χ1) is 9.34. The van der Waals surface area contributed by atoms with Crippen molar-refractivity contribution < 1.29 is 30.3 Å². The Labute approximate surface area is 117 Å². The van der Waals surface area contributed by atoms with Crippen molar-refractivity contribution in [1.82, 2.24) is 0 Å². The molecule has 0 bridgehead atoms. The second-order valence-corrected chi connectivity index (χ2v) is 8.01. The predicted octanol–water partition coefficient (Wildman–Crippen LogP) is 0.816. The zero-order valence-corrected chi connectivity index (χ0v) is 12.0. The van der Waals surface area contributed by atoms with Crippen molar-refractivity contribution in [1.29, 1.82) is 0 Å². The van der Waals surface area contributed by atoms with E-state index < -0.39 is 31.5 Å². The number of para-hydroxylation sites is 1. The zero-order valence-electron chi connectivity index (χ0n) is 10.4. The van der Waals surface area contributed by atoms with E-state index in [4.69, 9.17) is 0 Å². The van der Waals surface area contributed by atoms with Gasteiger partial charge in [0.1, 0.15) is 12.4 Å². The monoisotopic (exact) mass is 321 g/mol. The van der Waals surface area contributed by atoms with E-state index in [1.807, 2.05) is 0 Å². The lowest BCUT2D eigenvalue weighted by atomic mass is 10.1. The molecule has 0 aromatic heterocycles. The van der Waals surface area contributed by atoms with Gasteiger partial charge in [0, 0.05) is 0 Å². The molecule has 1 aromatic rings. The highest BCUT2D eigenvalue weighted by Gasteiger charge is 2.34. The Hall–Kier alpha value is -1.42. The minimum Gasteiger partial charge on any atom is -0.369 e. The number of rotatable bonds is 8. The van der Waals surface area contributed by atoms with Crippen LogP contribution < -0.4 is 4.18 Å². The molecule has 0 unspecified atom stereocenters. The van der Waals surface area contributed by atoms with Crippen molar-refractivity contribution in [3.63, 3.8) is 0 Å². The molecule has 20 heavy (non-hydrogen) atoms. The second-order valence-electron chi connectivity index (χ2n) is 3.53. The summed E-state index contributed by atoms with van der Waals surface area (Å²) in [6, 6.07) is 6.00. The summed E-state index contributed by atoms with van der Waals surface area (Å²) in [5, 5.41) is 10.2. The van der Waals surface area contributed by atoms with Gasteiger partial charge in [-0.3, -0.25) is 4.18 Å². The summed E-state index contributed by atoms with van der Waals surface area (Å²) in [4.78, 5) is 0. The minimum atomic E-state index is -5.05. The maximum atomic E-state index is 11.6. The lowest BCUT2D eigenvalue weighted by Crippen LogP contribution is -2.24. The van der Waals surface area contributed by atoms with Crippen LogP contribution in [0.25, 0.3) is 0 Å². The van der Waals surface area contributed by atoms with Crippen LogP contribution >= 0.6 is 0 Å². The molecular weight excluding hydrogens is 308 g/mol. The predicted molar refractivity (Wildman–Crippen MR) is 70.3 cm³/mol. The Bertz CT molecular complexity index is 662. The fourth-order valence-corrected chi connectivity index (χ4v) is 3.14. The third-order valence-corrected chi connectivity index (χ3v) is 5.42. The maximum Gasteiger partial charge on any atom is 0.444 e. The number of benzene rings is 1. The Balaban J connectivity index is 3.05. The maximum absolute atomic E-state index is 11.6. The summed E-state index contributed by atoms with van der Waals surface area (Å²) in [5.41, 5.74) is 0.449. The Morgan fingerprint density at radius 1 is 1.10 bits per heavy atom. The van der Waals surface area contributed by atoms with Gasteiger partial charge in [-0.05, 0) is 18.1 Å². The van der Waals surface area contributed by atoms with E-state index in [0.717, 1.165) is 0 Å². The summed E-state index contributed by atoms with van der Waals surface area (Å²) >= 11 is 0. The van der Waals surface area contributed by atoms with Gasteiger partial charge in [-0.15, -0.1) is 6.58 Å². The van der Waals surface area contributed by atoms with Crippen LogP contribution in [0.2, 0.25) is 0 Å². The molecule has 0 saturated heterocycles. The van der Waals surface area contributed by atoms with Crippen LogP contribution in [-0.2, 0) is 34.0 Å². The highest BCUT2D eigenvalue weighted by Crippen LogP contribution is 2.22. The molecule has 1 radical (unpaired) electrons. The minimum absolute atomic E-state index is 0.137. The summed E-state index contributed by atoms with van der Waals surface area (Å²) < 4.78 is 54.6. The molecule has 0 heterocycles. The topological polar surface area (TPSA) is 107 Å². The lowest BCUT2D eigenvalue weighted by Gasteiger charge is -2.10. The van der Waals surface area contributed by atoms with Crippen LogP contribution in [0, 0.1) is 0 Å². The van der Waals surface area contributed by atoms with Crippen LogP contribution in [0.4, 0.5) is 0 Å². The standard InChI is InChI=1S/C11H13O7S2/c1-2-5-10-6-3-4-7-11(10)18-20(15,16)19(13,14)17-9-8-12/h2-4,6-7H,1,5,8-9H2. The van der Waals surface area contributed by atoms with Gasteiger partial charge in [0.05, 0.1) is 6.61 Å². The molecule has 0 N–H and O–H groups in total. The molecule has 0 fully saturated rings. The van der Waals surface area contributed by atoms with Gasteiger partial charge >= 0.3 is 18.3 Å². The van der Waals surface area contributed by atoms with Crippen molar-refractivity contribution in [2.45, 2.75) is 6.42 Å². The van der Waals surface area contributed by atoms with E-state index >= 15 is 0 Å². The van der Waals surface area contributed by atoms with Crippen LogP contribution in [-0.4, -0.2) is 30.0 Å². The molecule has 111 valence electrons. The Kier molecular flexibility index (Phi) is 5.69. The van der Waals surface area contributed by atoms with Gasteiger partial charge in [-0.1, -0.05) is 24.3 Å². The largest absolute Gasteiger partial charge is 0.444 e. The smallest absolute Gasteiger partial charge is 0.369 e. The molecule has 1 rings (SSSR count). The molecule has 0 spiro atoms. The van der Waals surface area contributed by atoms with E-state index in [-0.39, 0.29) is 5.75 Å². The molecule has 1 aromatic carbocycles. The first-order valence-corrected chi connectivity index (χ1v) is 8.78. The summed E-state index contributed by atoms with van der Waals surface area (Å²) in [6.07, 6.45) is 1.81. The average molecular weight is 321 g/mol. The van der Waals surface area contributed by atoms with Crippen LogP contribution in [0.15, 0.2) is 36.9 Å². The molecule has 0 aliphatic carbocycles. The third kappa shape index (κ3) is 4.04. The van der Waals surface area contributed by atoms with Crippen LogP contribution in [0.3, 0.4) is 0 Å². The lowest BCUT2D eigenvalue weighted by molar-refractivity contribution is 0.142. The molecule has 9 heteroatoms. The van der Waals surface area contributed by atoms with E-state index in [2.05, 4.69) is 14.9 Å². The quantitative estimate of drug-likeness (QED) is 0.518. The van der Waals surface area contributed by atoms with Crippen molar-refractivity contribution >= 4 is 18.3 Å². The summed E-state index contributed by atoms with van der Waals surface area (Å²) in [7, 11) is -10.1. The highest BCUT2D eigenvalue weighted by atomic mass is 33.2. The molecule has 0 aliphatic heterocycles. The molecule has 7 nitrogen and oxygen atoms in total. The fourth-order valence-electron chi connectivity index (χ4n) is 1.26. The number of hydrogen-bond acceptors (Lipinski definition) is 6. The van der Waals surface area contributed by atoms with E-state index in [1.54, 1.807) is 12.1 Å². The first-order valence-electron chi connectivity index (χ1n) is 5.45. The molecule has 0 atom stereocenters. The molecule has 0 amide bonds. The first kappa shape index (κ1) is 16.6. The van der Waals surface area contributed by atoms with Crippen molar-refractivity contribution in [3.05, 3.63) is 42.5 Å². The van der Waals surface area contributed by atoms with E-state index in [1.165, 1.54) is 18.2 Å². The Morgan fingerprint density at radius 2 is 1.75 bits per heavy atom. The summed E-state index contributed by atoms with van der Waals surface area (Å²) in [5.74, 6) is -0.137. The molecule has 0 saturated carbocycles. The van der Waals surface area contributed by atoms with E-state index in [9.17, 15) is 21.9 Å². The molecular formula is C11H13O7S2. The van der Waals surface area contributed by atoms with Crippen LogP contribution in [0.5, 0.6) is 5.75 Å². The highest BCUT2D eigenvalue weighted by molar-refractivity contribution is 8.63. The van der Waals surface area contributed by atoms with Crippen molar-refractivity contribution in [2.24, 2.45) is 0 Å².